The summed E-state index contributed by atoms with van der Waals surface area (Å²) < 4.78 is 5.35. The molecule has 1 aromatic rings. The molecule has 4 nitrogen and oxygen atoms in total. The van der Waals surface area contributed by atoms with Gasteiger partial charge in [0.15, 0.2) is 5.11 Å². The molecule has 1 N–H and O–H groups in total. The maximum atomic E-state index is 5.46. The minimum Gasteiger partial charge on any atom is -0.379 e. The Morgan fingerprint density at radius 3 is 2.64 bits per heavy atom. The van der Waals surface area contributed by atoms with Gasteiger partial charge in [0.2, 0.25) is 0 Å². The number of morpholine rings is 1. The van der Waals surface area contributed by atoms with Gasteiger partial charge >= 0.3 is 0 Å². The Kier molecular flexibility index (Phi) is 7.45. The van der Waals surface area contributed by atoms with Crippen LogP contribution in [0.2, 0.25) is 0 Å². The van der Waals surface area contributed by atoms with Gasteiger partial charge in [-0.25, -0.2) is 0 Å². The third-order valence-corrected chi connectivity index (χ3v) is 4.93. The lowest BCUT2D eigenvalue weighted by Crippen LogP contribution is -2.43. The first kappa shape index (κ1) is 17.5. The molecule has 0 spiro atoms. The van der Waals surface area contributed by atoms with Crippen molar-refractivity contribution in [3.05, 3.63) is 29.8 Å². The number of benzene rings is 1. The number of hydrogen-bond donors (Lipinski definition) is 1. The smallest absolute Gasteiger partial charge is 0.169 e. The van der Waals surface area contributed by atoms with Crippen LogP contribution < -0.4 is 5.32 Å². The Morgan fingerprint density at radius 1 is 1.32 bits per heavy atom. The van der Waals surface area contributed by atoms with Crippen molar-refractivity contribution in [2.75, 3.05) is 52.7 Å². The first-order valence-electron chi connectivity index (χ1n) is 7.61. The van der Waals surface area contributed by atoms with Crippen LogP contribution in [0.15, 0.2) is 29.2 Å². The third-order valence-electron chi connectivity index (χ3n) is 3.73. The molecule has 1 fully saturated rings. The van der Waals surface area contributed by atoms with Crippen molar-refractivity contribution in [1.82, 2.24) is 15.1 Å². The van der Waals surface area contributed by atoms with Crippen LogP contribution in [-0.4, -0.2) is 67.6 Å². The molecule has 0 atom stereocenters. The van der Waals surface area contributed by atoms with Crippen LogP contribution in [0.3, 0.4) is 0 Å². The Balaban J connectivity index is 1.69. The van der Waals surface area contributed by atoms with Crippen LogP contribution in [0.4, 0.5) is 0 Å². The summed E-state index contributed by atoms with van der Waals surface area (Å²) in [6, 6.07) is 8.64. The molecule has 1 aromatic carbocycles. The predicted octanol–water partition coefficient (Wildman–Crippen LogP) is 2.05. The third kappa shape index (κ3) is 5.76. The van der Waals surface area contributed by atoms with Gasteiger partial charge in [0.05, 0.1) is 13.2 Å². The summed E-state index contributed by atoms with van der Waals surface area (Å²) in [6.07, 6.45) is 2.09. The van der Waals surface area contributed by atoms with Crippen LogP contribution in [0, 0.1) is 0 Å². The van der Waals surface area contributed by atoms with Gasteiger partial charge in [-0.1, -0.05) is 12.1 Å². The van der Waals surface area contributed by atoms with E-state index in [1.807, 2.05) is 7.05 Å². The molecule has 22 heavy (non-hydrogen) atoms. The molecule has 1 saturated heterocycles. The monoisotopic (exact) mass is 339 g/mol. The second-order valence-corrected chi connectivity index (χ2v) is 6.66. The lowest BCUT2D eigenvalue weighted by Gasteiger charge is -2.27. The van der Waals surface area contributed by atoms with Gasteiger partial charge in [-0.15, -0.1) is 11.8 Å². The number of thioether (sulfide) groups is 1. The van der Waals surface area contributed by atoms with Crippen LogP contribution >= 0.6 is 24.0 Å². The van der Waals surface area contributed by atoms with Gasteiger partial charge in [0, 0.05) is 44.7 Å². The number of hydrogen-bond acceptors (Lipinski definition) is 4. The minimum absolute atomic E-state index is 0.808. The number of ether oxygens (including phenoxy) is 1. The largest absolute Gasteiger partial charge is 0.379 e. The fraction of sp³-hybridized carbons (Fsp3) is 0.562. The minimum atomic E-state index is 0.808. The average molecular weight is 340 g/mol. The lowest BCUT2D eigenvalue weighted by molar-refractivity contribution is 0.0389. The highest BCUT2D eigenvalue weighted by molar-refractivity contribution is 7.98. The van der Waals surface area contributed by atoms with Crippen molar-refractivity contribution in [1.29, 1.82) is 0 Å². The second-order valence-electron chi connectivity index (χ2n) is 5.39. The van der Waals surface area contributed by atoms with E-state index in [1.165, 1.54) is 10.5 Å². The summed E-state index contributed by atoms with van der Waals surface area (Å²) in [4.78, 5) is 5.78. The maximum Gasteiger partial charge on any atom is 0.169 e. The first-order valence-corrected chi connectivity index (χ1v) is 9.24. The molecule has 0 aromatic heterocycles. The van der Waals surface area contributed by atoms with E-state index in [2.05, 4.69) is 45.6 Å². The van der Waals surface area contributed by atoms with E-state index in [4.69, 9.17) is 17.0 Å². The standard InChI is InChI=1S/C16H25N3OS2/c1-18(13-14-3-5-15(22-2)6-4-14)16(21)17-7-8-19-9-11-20-12-10-19/h3-6H,7-13H2,1-2H3,(H,17,21). The Bertz CT molecular complexity index is 461. The maximum absolute atomic E-state index is 5.46. The SMILES string of the molecule is CSc1ccc(CN(C)C(=S)NCCN2CCOCC2)cc1. The Hall–Kier alpha value is -0.820. The first-order chi connectivity index (χ1) is 10.7. The van der Waals surface area contributed by atoms with Crippen LogP contribution in [0.1, 0.15) is 5.56 Å². The second kappa shape index (κ2) is 9.35. The summed E-state index contributed by atoms with van der Waals surface area (Å²) in [7, 11) is 2.03. The number of nitrogens with one attached hydrogen (secondary N) is 1. The summed E-state index contributed by atoms with van der Waals surface area (Å²) >= 11 is 7.22. The number of rotatable bonds is 6. The zero-order chi connectivity index (χ0) is 15.8. The van der Waals surface area contributed by atoms with Crippen molar-refractivity contribution < 1.29 is 4.74 Å². The van der Waals surface area contributed by atoms with E-state index in [0.29, 0.717) is 0 Å². The zero-order valence-electron chi connectivity index (χ0n) is 13.4. The van der Waals surface area contributed by atoms with Crippen molar-refractivity contribution in [3.63, 3.8) is 0 Å². The topological polar surface area (TPSA) is 27.7 Å². The molecule has 2 rings (SSSR count). The average Bonchev–Trinajstić information content (AvgIpc) is 2.56. The van der Waals surface area contributed by atoms with Crippen LogP contribution in [0.5, 0.6) is 0 Å². The molecule has 0 saturated carbocycles. The molecule has 0 aliphatic carbocycles. The zero-order valence-corrected chi connectivity index (χ0v) is 15.0. The fourth-order valence-electron chi connectivity index (χ4n) is 2.36. The summed E-state index contributed by atoms with van der Waals surface area (Å²) in [5.74, 6) is 0. The molecule has 1 aliphatic rings. The predicted molar refractivity (Wildman–Crippen MR) is 97.5 cm³/mol. The van der Waals surface area contributed by atoms with Crippen molar-refractivity contribution in [2.45, 2.75) is 11.4 Å². The van der Waals surface area contributed by atoms with Gasteiger partial charge in [-0.2, -0.15) is 0 Å². The van der Waals surface area contributed by atoms with Gasteiger partial charge in [-0.05, 0) is 36.2 Å². The van der Waals surface area contributed by atoms with Crippen molar-refractivity contribution in [3.8, 4) is 0 Å². The lowest BCUT2D eigenvalue weighted by atomic mass is 10.2. The van der Waals surface area contributed by atoms with E-state index in [1.54, 1.807) is 11.8 Å². The van der Waals surface area contributed by atoms with E-state index in [0.717, 1.165) is 51.0 Å². The summed E-state index contributed by atoms with van der Waals surface area (Å²) in [5.41, 5.74) is 1.28. The highest BCUT2D eigenvalue weighted by atomic mass is 32.2. The van der Waals surface area contributed by atoms with Gasteiger partial charge < -0.3 is 15.0 Å². The van der Waals surface area contributed by atoms with E-state index in [9.17, 15) is 0 Å². The van der Waals surface area contributed by atoms with Crippen LogP contribution in [-0.2, 0) is 11.3 Å². The van der Waals surface area contributed by atoms with Gasteiger partial charge in [-0.3, -0.25) is 4.90 Å². The highest BCUT2D eigenvalue weighted by Crippen LogP contribution is 2.15. The molecule has 1 aliphatic heterocycles. The molecule has 122 valence electrons. The number of thiocarbonyl (C=S) groups is 1. The van der Waals surface area contributed by atoms with Crippen LogP contribution in [0.25, 0.3) is 0 Å². The fourth-order valence-corrected chi connectivity index (χ4v) is 2.93. The normalized spacial score (nSPS) is 15.5. The van der Waals surface area contributed by atoms with Crippen molar-refractivity contribution in [2.24, 2.45) is 0 Å². The molecule has 0 unspecified atom stereocenters. The molecule has 0 bridgehead atoms. The number of nitrogens with zero attached hydrogens (tertiary/aromatic N) is 2. The molecular weight excluding hydrogens is 314 g/mol. The Morgan fingerprint density at radius 2 is 2.00 bits per heavy atom. The quantitative estimate of drug-likeness (QED) is 0.630. The van der Waals surface area contributed by atoms with Crippen molar-refractivity contribution >= 4 is 29.1 Å². The van der Waals surface area contributed by atoms with Gasteiger partial charge in [0.25, 0.3) is 0 Å². The molecule has 0 amide bonds. The summed E-state index contributed by atoms with van der Waals surface area (Å²) in [6.45, 7) is 6.46. The molecule has 6 heteroatoms. The summed E-state index contributed by atoms with van der Waals surface area (Å²) in [5, 5.41) is 4.15. The molecular formula is C16H25N3OS2. The molecule has 0 radical (unpaired) electrons. The Labute approximate surface area is 143 Å². The van der Waals surface area contributed by atoms with Gasteiger partial charge in [0.1, 0.15) is 0 Å². The van der Waals surface area contributed by atoms with E-state index in [-0.39, 0.29) is 0 Å². The van der Waals surface area contributed by atoms with E-state index >= 15 is 0 Å². The molecule has 1 heterocycles. The highest BCUT2D eigenvalue weighted by Gasteiger charge is 2.10. The van der Waals surface area contributed by atoms with E-state index < -0.39 is 0 Å².